The molecule has 1 aliphatic rings. The standard InChI is InChI=1S/C16H23N3/c1-11-14(13-5-3-4-6-15(13)18-11)10-19(2)16(9-17)12-7-8-12/h3-6,12,16,18H,7-10,17H2,1-2H3. The Morgan fingerprint density at radius 1 is 1.37 bits per heavy atom. The molecule has 1 saturated carbocycles. The van der Waals surface area contributed by atoms with E-state index < -0.39 is 0 Å². The van der Waals surface area contributed by atoms with Crippen molar-refractivity contribution in [1.29, 1.82) is 0 Å². The highest BCUT2D eigenvalue weighted by Gasteiger charge is 2.33. The second-order valence-electron chi connectivity index (χ2n) is 5.83. The van der Waals surface area contributed by atoms with Gasteiger partial charge in [-0.25, -0.2) is 0 Å². The quantitative estimate of drug-likeness (QED) is 0.865. The van der Waals surface area contributed by atoms with Gasteiger partial charge in [-0.1, -0.05) is 18.2 Å². The second kappa shape index (κ2) is 4.99. The third kappa shape index (κ3) is 2.40. The van der Waals surface area contributed by atoms with E-state index in [4.69, 9.17) is 5.73 Å². The molecule has 1 aromatic heterocycles. The largest absolute Gasteiger partial charge is 0.358 e. The summed E-state index contributed by atoms with van der Waals surface area (Å²) in [6.07, 6.45) is 2.69. The van der Waals surface area contributed by atoms with Gasteiger partial charge in [0.25, 0.3) is 0 Å². The number of aromatic amines is 1. The highest BCUT2D eigenvalue weighted by atomic mass is 15.1. The lowest BCUT2D eigenvalue weighted by Gasteiger charge is -2.27. The summed E-state index contributed by atoms with van der Waals surface area (Å²) in [6.45, 7) is 3.91. The minimum absolute atomic E-state index is 0.535. The zero-order chi connectivity index (χ0) is 13.4. The Hall–Kier alpha value is -1.32. The molecule has 3 N–H and O–H groups in total. The van der Waals surface area contributed by atoms with Crippen molar-refractivity contribution in [2.75, 3.05) is 13.6 Å². The number of hydrogen-bond acceptors (Lipinski definition) is 2. The molecule has 1 atom stereocenters. The first-order valence-electron chi connectivity index (χ1n) is 7.17. The minimum atomic E-state index is 0.535. The van der Waals surface area contributed by atoms with E-state index >= 15 is 0 Å². The van der Waals surface area contributed by atoms with Crippen molar-refractivity contribution < 1.29 is 0 Å². The molecule has 19 heavy (non-hydrogen) atoms. The highest BCUT2D eigenvalue weighted by molar-refractivity contribution is 5.84. The Balaban J connectivity index is 1.86. The lowest BCUT2D eigenvalue weighted by atomic mass is 10.1. The van der Waals surface area contributed by atoms with Crippen molar-refractivity contribution in [3.63, 3.8) is 0 Å². The zero-order valence-electron chi connectivity index (χ0n) is 11.8. The average molecular weight is 257 g/mol. The lowest BCUT2D eigenvalue weighted by molar-refractivity contribution is 0.216. The van der Waals surface area contributed by atoms with Crippen LogP contribution in [-0.4, -0.2) is 29.5 Å². The van der Waals surface area contributed by atoms with Crippen molar-refractivity contribution in [3.05, 3.63) is 35.5 Å². The number of para-hydroxylation sites is 1. The Morgan fingerprint density at radius 2 is 2.11 bits per heavy atom. The molecule has 0 amide bonds. The molecule has 0 aliphatic heterocycles. The van der Waals surface area contributed by atoms with Crippen molar-refractivity contribution in [2.24, 2.45) is 11.7 Å². The maximum Gasteiger partial charge on any atom is 0.0459 e. The van der Waals surface area contributed by atoms with Gasteiger partial charge in [-0.15, -0.1) is 0 Å². The Kier molecular flexibility index (Phi) is 3.33. The van der Waals surface area contributed by atoms with E-state index in [0.29, 0.717) is 6.04 Å². The van der Waals surface area contributed by atoms with E-state index in [0.717, 1.165) is 19.0 Å². The number of rotatable bonds is 5. The predicted molar refractivity (Wildman–Crippen MR) is 80.1 cm³/mol. The Morgan fingerprint density at radius 3 is 2.79 bits per heavy atom. The topological polar surface area (TPSA) is 45.0 Å². The molecule has 0 radical (unpaired) electrons. The van der Waals surface area contributed by atoms with Gasteiger partial charge in [0.2, 0.25) is 0 Å². The summed E-state index contributed by atoms with van der Waals surface area (Å²) >= 11 is 0. The molecule has 0 spiro atoms. The summed E-state index contributed by atoms with van der Waals surface area (Å²) in [5.74, 6) is 0.820. The molecule has 1 heterocycles. The molecule has 0 saturated heterocycles. The monoisotopic (exact) mass is 257 g/mol. The molecule has 3 rings (SSSR count). The minimum Gasteiger partial charge on any atom is -0.358 e. The van der Waals surface area contributed by atoms with Gasteiger partial charge in [0.1, 0.15) is 0 Å². The molecule has 3 heteroatoms. The number of aromatic nitrogens is 1. The summed E-state index contributed by atoms with van der Waals surface area (Å²) < 4.78 is 0. The molecule has 3 nitrogen and oxygen atoms in total. The highest BCUT2D eigenvalue weighted by Crippen LogP contribution is 2.35. The molecular weight excluding hydrogens is 234 g/mol. The first-order valence-corrected chi connectivity index (χ1v) is 7.17. The van der Waals surface area contributed by atoms with E-state index in [2.05, 4.69) is 48.1 Å². The van der Waals surface area contributed by atoms with Crippen molar-refractivity contribution in [3.8, 4) is 0 Å². The number of nitrogens with one attached hydrogen (secondary N) is 1. The summed E-state index contributed by atoms with van der Waals surface area (Å²) in [5.41, 5.74) is 9.87. The van der Waals surface area contributed by atoms with Gasteiger partial charge in [-0.3, -0.25) is 4.90 Å². The van der Waals surface area contributed by atoms with Gasteiger partial charge >= 0.3 is 0 Å². The molecular formula is C16H23N3. The van der Waals surface area contributed by atoms with Crippen LogP contribution in [0.25, 0.3) is 10.9 Å². The van der Waals surface area contributed by atoms with Crippen LogP contribution in [0.4, 0.5) is 0 Å². The van der Waals surface area contributed by atoms with Gasteiger partial charge in [0, 0.05) is 35.7 Å². The fourth-order valence-corrected chi connectivity index (χ4v) is 3.12. The summed E-state index contributed by atoms with van der Waals surface area (Å²) in [7, 11) is 2.21. The van der Waals surface area contributed by atoms with Crippen LogP contribution >= 0.6 is 0 Å². The van der Waals surface area contributed by atoms with Gasteiger partial charge in [0.05, 0.1) is 0 Å². The van der Waals surface area contributed by atoms with Crippen LogP contribution in [0.3, 0.4) is 0 Å². The summed E-state index contributed by atoms with van der Waals surface area (Å²) in [6, 6.07) is 9.08. The van der Waals surface area contributed by atoms with Crippen LogP contribution in [0.15, 0.2) is 24.3 Å². The maximum atomic E-state index is 5.94. The molecule has 1 aromatic carbocycles. The van der Waals surface area contributed by atoms with Gasteiger partial charge in [-0.05, 0) is 44.4 Å². The van der Waals surface area contributed by atoms with E-state index in [-0.39, 0.29) is 0 Å². The third-order valence-corrected chi connectivity index (χ3v) is 4.41. The summed E-state index contributed by atoms with van der Waals surface area (Å²) in [4.78, 5) is 5.91. The predicted octanol–water partition coefficient (Wildman–Crippen LogP) is 2.65. The van der Waals surface area contributed by atoms with Crippen molar-refractivity contribution in [2.45, 2.75) is 32.4 Å². The molecule has 1 aliphatic carbocycles. The normalized spacial score (nSPS) is 17.3. The average Bonchev–Trinajstić information content (AvgIpc) is 3.17. The van der Waals surface area contributed by atoms with Gasteiger partial charge in [-0.2, -0.15) is 0 Å². The molecule has 0 bridgehead atoms. The Labute approximate surface area is 114 Å². The van der Waals surface area contributed by atoms with Crippen LogP contribution in [0.1, 0.15) is 24.1 Å². The summed E-state index contributed by atoms with van der Waals surface area (Å²) in [5, 5.41) is 1.35. The first-order chi connectivity index (χ1) is 9.20. The van der Waals surface area contributed by atoms with Crippen LogP contribution in [-0.2, 0) is 6.54 Å². The fourth-order valence-electron chi connectivity index (χ4n) is 3.12. The zero-order valence-corrected chi connectivity index (χ0v) is 11.8. The van der Waals surface area contributed by atoms with Crippen LogP contribution in [0.5, 0.6) is 0 Å². The van der Waals surface area contributed by atoms with E-state index in [1.54, 1.807) is 0 Å². The number of fused-ring (bicyclic) bond motifs is 1. The van der Waals surface area contributed by atoms with Crippen LogP contribution in [0, 0.1) is 12.8 Å². The van der Waals surface area contributed by atoms with E-state index in [1.165, 1.54) is 35.0 Å². The maximum absolute atomic E-state index is 5.94. The number of aryl methyl sites for hydroxylation is 1. The SMILES string of the molecule is Cc1[nH]c2ccccc2c1CN(C)C(CN)C1CC1. The smallest absolute Gasteiger partial charge is 0.0459 e. The number of hydrogen-bond donors (Lipinski definition) is 2. The third-order valence-electron chi connectivity index (χ3n) is 4.41. The molecule has 2 aromatic rings. The second-order valence-corrected chi connectivity index (χ2v) is 5.83. The molecule has 1 fully saturated rings. The Bertz CT molecular complexity index is 568. The van der Waals surface area contributed by atoms with Crippen LogP contribution < -0.4 is 5.73 Å². The van der Waals surface area contributed by atoms with Gasteiger partial charge < -0.3 is 10.7 Å². The first kappa shape index (κ1) is 12.7. The number of nitrogens with zero attached hydrogens (tertiary/aromatic N) is 1. The van der Waals surface area contributed by atoms with Crippen LogP contribution in [0.2, 0.25) is 0 Å². The number of H-pyrrole nitrogens is 1. The van der Waals surface area contributed by atoms with E-state index in [9.17, 15) is 0 Å². The number of nitrogens with two attached hydrogens (primary N) is 1. The number of likely N-dealkylation sites (N-methyl/N-ethyl adjacent to an activating group) is 1. The van der Waals surface area contributed by atoms with E-state index in [1.807, 2.05) is 0 Å². The van der Waals surface area contributed by atoms with Gasteiger partial charge in [0.15, 0.2) is 0 Å². The fraction of sp³-hybridized carbons (Fsp3) is 0.500. The molecule has 102 valence electrons. The molecule has 1 unspecified atom stereocenters. The van der Waals surface area contributed by atoms with Crippen molar-refractivity contribution >= 4 is 10.9 Å². The number of benzene rings is 1. The van der Waals surface area contributed by atoms with Crippen molar-refractivity contribution in [1.82, 2.24) is 9.88 Å². The lowest BCUT2D eigenvalue weighted by Crippen LogP contribution is -2.39.